The van der Waals surface area contributed by atoms with Gasteiger partial charge in [-0.05, 0) is 65.9 Å². The van der Waals surface area contributed by atoms with E-state index in [4.69, 9.17) is 35.1 Å². The fourth-order valence-corrected chi connectivity index (χ4v) is 5.33. The quantitative estimate of drug-likeness (QED) is 0.0575. The van der Waals surface area contributed by atoms with Crippen molar-refractivity contribution in [3.8, 4) is 0 Å². The van der Waals surface area contributed by atoms with E-state index in [1.807, 2.05) is 24.8 Å². The number of nitrogens with zero attached hydrogens (tertiary/aromatic N) is 3. The number of urea groups is 1. The van der Waals surface area contributed by atoms with Crippen LogP contribution in [0.1, 0.15) is 65.1 Å². The zero-order valence-electron chi connectivity index (χ0n) is 29.0. The second kappa shape index (κ2) is 19.9. The second-order valence-electron chi connectivity index (χ2n) is 12.0. The van der Waals surface area contributed by atoms with Crippen molar-refractivity contribution in [2.24, 2.45) is 10.4 Å². The Morgan fingerprint density at radius 2 is 2.00 bits per heavy atom. The van der Waals surface area contributed by atoms with E-state index < -0.39 is 6.03 Å². The van der Waals surface area contributed by atoms with Gasteiger partial charge in [0.1, 0.15) is 11.5 Å². The Hall–Kier alpha value is -3.81. The van der Waals surface area contributed by atoms with Crippen LogP contribution in [0.2, 0.25) is 0 Å². The van der Waals surface area contributed by atoms with Gasteiger partial charge in [0.05, 0.1) is 56.7 Å². The number of carbonyl (C=O) groups is 2. The molecule has 1 aromatic rings. The van der Waals surface area contributed by atoms with Gasteiger partial charge < -0.3 is 39.0 Å². The van der Waals surface area contributed by atoms with E-state index in [0.717, 1.165) is 44.8 Å². The Balaban J connectivity index is 1.45. The molecule has 1 aromatic heterocycles. The number of piperidine rings is 1. The lowest BCUT2D eigenvalue weighted by molar-refractivity contribution is -0.153. The van der Waals surface area contributed by atoms with Crippen molar-refractivity contribution in [1.29, 1.82) is 0 Å². The number of hydrogen-bond acceptors (Lipinski definition) is 9. The van der Waals surface area contributed by atoms with Gasteiger partial charge in [0, 0.05) is 49.8 Å². The third-order valence-corrected chi connectivity index (χ3v) is 8.61. The van der Waals surface area contributed by atoms with Gasteiger partial charge in [-0.3, -0.25) is 15.1 Å². The maximum Gasteiger partial charge on any atom is 0.324 e. The first-order valence-electron chi connectivity index (χ1n) is 16.3. The van der Waals surface area contributed by atoms with Crippen LogP contribution in [0.4, 0.5) is 10.6 Å². The number of aliphatic imine (C=N–C) groups is 1. The van der Waals surface area contributed by atoms with Crippen molar-refractivity contribution >= 4 is 35.7 Å². The summed E-state index contributed by atoms with van der Waals surface area (Å²) in [6.07, 6.45) is 11.2. The molecule has 1 atom stereocenters. The monoisotopic (exact) mass is 690 g/mol. The Bertz CT molecular complexity index is 1360. The normalized spacial score (nSPS) is 17.9. The fraction of sp³-hybridized carbons (Fsp3) is 0.588. The molecular weight excluding hydrogens is 640 g/mol. The second-order valence-corrected chi connectivity index (χ2v) is 12.4. The van der Waals surface area contributed by atoms with Crippen LogP contribution in [0, 0.1) is 12.3 Å². The molecule has 0 aromatic carbocycles. The number of aryl methyl sites for hydroxylation is 1. The topological polar surface area (TPSA) is 149 Å². The number of methoxy groups -OCH3 is 1. The van der Waals surface area contributed by atoms with E-state index >= 15 is 0 Å². The summed E-state index contributed by atoms with van der Waals surface area (Å²) in [5, 5.41) is 12.6. The highest BCUT2D eigenvalue weighted by atomic mass is 35.5. The lowest BCUT2D eigenvalue weighted by Gasteiger charge is -2.47. The molecule has 14 heteroatoms. The van der Waals surface area contributed by atoms with E-state index in [-0.39, 0.29) is 18.6 Å². The van der Waals surface area contributed by atoms with Gasteiger partial charge in [-0.25, -0.2) is 4.79 Å². The summed E-state index contributed by atoms with van der Waals surface area (Å²) < 4.78 is 27.9. The molecule has 3 rings (SSSR count). The number of allylic oxidation sites excluding steroid dienone is 5. The Labute approximate surface area is 288 Å². The third kappa shape index (κ3) is 12.7. The highest BCUT2D eigenvalue weighted by Crippen LogP contribution is 2.38. The summed E-state index contributed by atoms with van der Waals surface area (Å²) >= 11 is 6.44. The molecule has 3 amide bonds. The molecule has 3 heterocycles. The third-order valence-electron chi connectivity index (χ3n) is 8.25. The van der Waals surface area contributed by atoms with Crippen LogP contribution in [-0.2, 0) is 23.7 Å². The molecule has 2 fully saturated rings. The van der Waals surface area contributed by atoms with Crippen LogP contribution in [0.3, 0.4) is 0 Å². The molecule has 1 unspecified atom stereocenters. The van der Waals surface area contributed by atoms with E-state index in [1.165, 1.54) is 0 Å². The minimum absolute atomic E-state index is 0.112. The average molecular weight is 691 g/mol. The number of nitrogens with one attached hydrogen (secondary N) is 3. The van der Waals surface area contributed by atoms with Gasteiger partial charge in [0.15, 0.2) is 11.6 Å². The van der Waals surface area contributed by atoms with Crippen LogP contribution >= 0.6 is 11.6 Å². The molecular formula is C34H51ClN6O7. The van der Waals surface area contributed by atoms with Crippen molar-refractivity contribution in [3.05, 3.63) is 58.0 Å². The minimum atomic E-state index is -0.496. The Kier molecular flexibility index (Phi) is 16.0. The average Bonchev–Trinajstić information content (AvgIpc) is 3.48. The van der Waals surface area contributed by atoms with Crippen molar-refractivity contribution < 1.29 is 33.1 Å². The molecule has 2 saturated heterocycles. The molecule has 2 aliphatic rings. The molecule has 0 radical (unpaired) electrons. The molecule has 3 N–H and O–H groups in total. The number of ether oxygens (including phenoxy) is 4. The van der Waals surface area contributed by atoms with E-state index in [1.54, 1.807) is 52.6 Å². The summed E-state index contributed by atoms with van der Waals surface area (Å²) in [6, 6.07) is 1.11. The number of aromatic nitrogens is 1. The van der Waals surface area contributed by atoms with Crippen molar-refractivity contribution in [3.63, 3.8) is 0 Å². The van der Waals surface area contributed by atoms with Gasteiger partial charge in [-0.2, -0.15) is 0 Å². The standard InChI is InChI=1S/C34H51ClN6O7/c1-7-29(38-33(43)39-31-19-25(3)48-40-31)28(35)12-18-46-24(2)10-11-27(37-23-36-5)20-30(26(4)44-6)47-17-8-9-32(42)41-15-13-34(14-16-41)21-45-22-34/h7,12,19-20,23-24H,8-11,13-18,21-22H2,1-6H3,(H,36,37)(H2,38,39,40,43)/b27-20+,28-12+,29-7+,30-26-. The molecule has 0 aliphatic carbocycles. The molecule has 1 spiro atoms. The lowest BCUT2D eigenvalue weighted by Crippen LogP contribution is -2.52. The van der Waals surface area contributed by atoms with Gasteiger partial charge in [0.2, 0.25) is 5.91 Å². The molecule has 0 saturated carbocycles. The predicted octanol–water partition coefficient (Wildman–Crippen LogP) is 5.76. The van der Waals surface area contributed by atoms with Gasteiger partial charge >= 0.3 is 6.03 Å². The summed E-state index contributed by atoms with van der Waals surface area (Å²) in [4.78, 5) is 31.1. The largest absolute Gasteiger partial charge is 0.498 e. The zero-order valence-corrected chi connectivity index (χ0v) is 29.8. The van der Waals surface area contributed by atoms with Crippen LogP contribution in [0.25, 0.3) is 0 Å². The lowest BCUT2D eigenvalue weighted by atomic mass is 9.77. The Morgan fingerprint density at radius 3 is 2.60 bits per heavy atom. The van der Waals surface area contributed by atoms with Crippen molar-refractivity contribution in [2.75, 3.05) is 59.0 Å². The summed E-state index contributed by atoms with van der Waals surface area (Å²) in [5.74, 6) is 2.26. The molecule has 266 valence electrons. The molecule has 13 nitrogen and oxygen atoms in total. The van der Waals surface area contributed by atoms with E-state index in [9.17, 15) is 9.59 Å². The predicted molar refractivity (Wildman–Crippen MR) is 185 cm³/mol. The maximum absolute atomic E-state index is 12.8. The van der Waals surface area contributed by atoms with Crippen LogP contribution in [0.5, 0.6) is 0 Å². The number of amides is 3. The number of carbonyl (C=O) groups excluding carboxylic acids is 2. The SMILES string of the molecule is C/C=C(NC(=O)Nc1cc(C)on1)\C(Cl)=C/COC(C)CC/C(=C\C(OCCCC(=O)N1CCC2(CC1)COC2)=C(/C)OC)NC=NC. The Morgan fingerprint density at radius 1 is 1.25 bits per heavy atom. The summed E-state index contributed by atoms with van der Waals surface area (Å²) in [7, 11) is 3.28. The zero-order chi connectivity index (χ0) is 34.9. The highest BCUT2D eigenvalue weighted by molar-refractivity contribution is 6.32. The van der Waals surface area contributed by atoms with E-state index in [0.29, 0.717) is 71.5 Å². The fourth-order valence-electron chi connectivity index (χ4n) is 5.11. The number of hydrogen-bond donors (Lipinski definition) is 3. The van der Waals surface area contributed by atoms with Crippen molar-refractivity contribution in [2.45, 2.75) is 72.3 Å². The highest BCUT2D eigenvalue weighted by Gasteiger charge is 2.41. The molecule has 48 heavy (non-hydrogen) atoms. The first kappa shape index (κ1) is 38.6. The molecule has 2 aliphatic heterocycles. The summed E-state index contributed by atoms with van der Waals surface area (Å²) in [5.41, 5.74) is 1.60. The van der Waals surface area contributed by atoms with Gasteiger partial charge in [0.25, 0.3) is 0 Å². The van der Waals surface area contributed by atoms with Crippen LogP contribution < -0.4 is 16.0 Å². The van der Waals surface area contributed by atoms with Gasteiger partial charge in [-0.15, -0.1) is 0 Å². The van der Waals surface area contributed by atoms with E-state index in [2.05, 4.69) is 26.1 Å². The number of likely N-dealkylation sites (tertiary alicyclic amines) is 1. The number of rotatable bonds is 18. The summed E-state index contributed by atoms with van der Waals surface area (Å²) in [6.45, 7) is 11.2. The first-order valence-corrected chi connectivity index (χ1v) is 16.7. The minimum Gasteiger partial charge on any atom is -0.498 e. The van der Waals surface area contributed by atoms with Crippen LogP contribution in [-0.4, -0.2) is 88.1 Å². The number of halogens is 1. The molecule has 0 bridgehead atoms. The number of anilines is 1. The van der Waals surface area contributed by atoms with Gasteiger partial charge in [-0.1, -0.05) is 22.8 Å². The van der Waals surface area contributed by atoms with Crippen molar-refractivity contribution in [1.82, 2.24) is 20.7 Å². The smallest absolute Gasteiger partial charge is 0.324 e. The first-order chi connectivity index (χ1) is 23.1. The van der Waals surface area contributed by atoms with Crippen LogP contribution in [0.15, 0.2) is 61.8 Å². The maximum atomic E-state index is 12.8.